The zero-order valence-electron chi connectivity index (χ0n) is 8.30. The lowest BCUT2D eigenvalue weighted by atomic mass is 10.1. The van der Waals surface area contributed by atoms with E-state index in [1.54, 1.807) is 0 Å². The maximum absolute atomic E-state index is 4.26. The molecular weight excluding hydrogens is 148 g/mol. The quantitative estimate of drug-likeness (QED) is 0.671. The van der Waals surface area contributed by atoms with Gasteiger partial charge in [0.25, 0.3) is 0 Å². The maximum Gasteiger partial charge on any atom is 0.0524 e. The van der Waals surface area contributed by atoms with E-state index >= 15 is 0 Å². The Hall–Kier alpha value is -0.790. The van der Waals surface area contributed by atoms with Crippen LogP contribution < -0.4 is 0 Å². The number of nitrogens with zero attached hydrogens (tertiary/aromatic N) is 2. The van der Waals surface area contributed by atoms with Crippen LogP contribution in [-0.2, 0) is 19.9 Å². The Morgan fingerprint density at radius 1 is 1.42 bits per heavy atom. The first-order valence-electron chi connectivity index (χ1n) is 4.79. The van der Waals surface area contributed by atoms with Crippen molar-refractivity contribution in [3.05, 3.63) is 17.5 Å². The molecule has 0 amide bonds. The smallest absolute Gasteiger partial charge is 0.0524 e. The molecule has 1 aromatic heterocycles. The summed E-state index contributed by atoms with van der Waals surface area (Å²) >= 11 is 0. The van der Waals surface area contributed by atoms with Gasteiger partial charge in [-0.2, -0.15) is 5.10 Å². The normalized spacial score (nSPS) is 10.6. The summed E-state index contributed by atoms with van der Waals surface area (Å²) in [6.45, 7) is 4.41. The SMILES string of the molecule is CCCCc1c(CC)cnn1C. The van der Waals surface area contributed by atoms with E-state index in [0.29, 0.717) is 0 Å². The summed E-state index contributed by atoms with van der Waals surface area (Å²) in [6.07, 6.45) is 6.80. The molecular formula is C10H18N2. The van der Waals surface area contributed by atoms with Crippen molar-refractivity contribution >= 4 is 0 Å². The molecule has 0 spiro atoms. The van der Waals surface area contributed by atoms with Gasteiger partial charge in [0, 0.05) is 12.7 Å². The Morgan fingerprint density at radius 2 is 2.17 bits per heavy atom. The molecule has 1 aromatic rings. The van der Waals surface area contributed by atoms with E-state index in [4.69, 9.17) is 0 Å². The molecule has 0 aliphatic heterocycles. The van der Waals surface area contributed by atoms with Crippen LogP contribution in [0, 0.1) is 0 Å². The third kappa shape index (κ3) is 1.87. The summed E-state index contributed by atoms with van der Waals surface area (Å²) in [6, 6.07) is 0. The van der Waals surface area contributed by atoms with Crippen molar-refractivity contribution in [3.63, 3.8) is 0 Å². The lowest BCUT2D eigenvalue weighted by Gasteiger charge is -2.02. The van der Waals surface area contributed by atoms with E-state index in [-0.39, 0.29) is 0 Å². The minimum Gasteiger partial charge on any atom is -0.272 e. The monoisotopic (exact) mass is 166 g/mol. The van der Waals surface area contributed by atoms with Gasteiger partial charge < -0.3 is 0 Å². The van der Waals surface area contributed by atoms with Crippen LogP contribution in [0.1, 0.15) is 37.9 Å². The van der Waals surface area contributed by atoms with Gasteiger partial charge in [0.05, 0.1) is 6.20 Å². The van der Waals surface area contributed by atoms with Gasteiger partial charge in [-0.25, -0.2) is 0 Å². The molecule has 2 nitrogen and oxygen atoms in total. The third-order valence-corrected chi connectivity index (χ3v) is 2.30. The Kier molecular flexibility index (Phi) is 3.32. The topological polar surface area (TPSA) is 17.8 Å². The van der Waals surface area contributed by atoms with E-state index in [1.165, 1.54) is 30.5 Å². The molecule has 0 N–H and O–H groups in total. The number of aryl methyl sites for hydroxylation is 2. The molecule has 0 aliphatic rings. The molecule has 0 atom stereocenters. The summed E-state index contributed by atoms with van der Waals surface area (Å²) in [5.74, 6) is 0. The summed E-state index contributed by atoms with van der Waals surface area (Å²) in [4.78, 5) is 0. The van der Waals surface area contributed by atoms with Crippen molar-refractivity contribution in [1.82, 2.24) is 9.78 Å². The van der Waals surface area contributed by atoms with Gasteiger partial charge >= 0.3 is 0 Å². The summed E-state index contributed by atoms with van der Waals surface area (Å²) in [5, 5.41) is 4.26. The van der Waals surface area contributed by atoms with Crippen LogP contribution in [-0.4, -0.2) is 9.78 Å². The fourth-order valence-electron chi connectivity index (χ4n) is 1.47. The standard InChI is InChI=1S/C10H18N2/c1-4-6-7-10-9(5-2)8-11-12(10)3/h8H,4-7H2,1-3H3. The summed E-state index contributed by atoms with van der Waals surface area (Å²) in [7, 11) is 2.03. The first-order valence-corrected chi connectivity index (χ1v) is 4.79. The highest BCUT2D eigenvalue weighted by Crippen LogP contribution is 2.11. The van der Waals surface area contributed by atoms with Crippen LogP contribution >= 0.6 is 0 Å². The molecule has 2 heteroatoms. The largest absolute Gasteiger partial charge is 0.272 e. The van der Waals surface area contributed by atoms with Crippen LogP contribution in [0.25, 0.3) is 0 Å². The van der Waals surface area contributed by atoms with Gasteiger partial charge in [0.2, 0.25) is 0 Å². The number of rotatable bonds is 4. The van der Waals surface area contributed by atoms with Crippen LogP contribution in [0.2, 0.25) is 0 Å². The molecule has 0 saturated heterocycles. The molecule has 0 aromatic carbocycles. The second-order valence-electron chi connectivity index (χ2n) is 3.20. The molecule has 1 rings (SSSR count). The lowest BCUT2D eigenvalue weighted by Crippen LogP contribution is -2.00. The summed E-state index contributed by atoms with van der Waals surface area (Å²) < 4.78 is 2.01. The van der Waals surface area contributed by atoms with E-state index in [0.717, 1.165) is 6.42 Å². The van der Waals surface area contributed by atoms with Crippen molar-refractivity contribution < 1.29 is 0 Å². The van der Waals surface area contributed by atoms with Crippen LogP contribution in [0.3, 0.4) is 0 Å². The second kappa shape index (κ2) is 4.29. The lowest BCUT2D eigenvalue weighted by molar-refractivity contribution is 0.672. The number of hydrogen-bond acceptors (Lipinski definition) is 1. The van der Waals surface area contributed by atoms with Crippen molar-refractivity contribution in [1.29, 1.82) is 0 Å². The maximum atomic E-state index is 4.26. The Labute approximate surface area is 74.6 Å². The van der Waals surface area contributed by atoms with Crippen molar-refractivity contribution in [2.75, 3.05) is 0 Å². The number of aromatic nitrogens is 2. The van der Waals surface area contributed by atoms with Gasteiger partial charge in [-0.1, -0.05) is 20.3 Å². The van der Waals surface area contributed by atoms with Gasteiger partial charge in [0.15, 0.2) is 0 Å². The van der Waals surface area contributed by atoms with E-state index in [9.17, 15) is 0 Å². The van der Waals surface area contributed by atoms with Crippen LogP contribution in [0.15, 0.2) is 6.20 Å². The predicted octanol–water partition coefficient (Wildman–Crippen LogP) is 2.33. The molecule has 0 bridgehead atoms. The average molecular weight is 166 g/mol. The molecule has 12 heavy (non-hydrogen) atoms. The highest BCUT2D eigenvalue weighted by Gasteiger charge is 2.04. The van der Waals surface area contributed by atoms with Crippen molar-refractivity contribution in [2.24, 2.45) is 7.05 Å². The molecule has 68 valence electrons. The molecule has 0 aliphatic carbocycles. The zero-order valence-corrected chi connectivity index (χ0v) is 8.30. The third-order valence-electron chi connectivity index (χ3n) is 2.30. The fraction of sp³-hybridized carbons (Fsp3) is 0.700. The van der Waals surface area contributed by atoms with Gasteiger partial charge in [-0.15, -0.1) is 0 Å². The van der Waals surface area contributed by atoms with Crippen LogP contribution in [0.5, 0.6) is 0 Å². The Morgan fingerprint density at radius 3 is 2.75 bits per heavy atom. The van der Waals surface area contributed by atoms with Gasteiger partial charge in [-0.05, 0) is 24.8 Å². The zero-order chi connectivity index (χ0) is 8.97. The summed E-state index contributed by atoms with van der Waals surface area (Å²) in [5.41, 5.74) is 2.82. The first kappa shape index (κ1) is 9.30. The van der Waals surface area contributed by atoms with E-state index in [2.05, 4.69) is 18.9 Å². The molecule has 1 heterocycles. The fourth-order valence-corrected chi connectivity index (χ4v) is 1.47. The van der Waals surface area contributed by atoms with E-state index < -0.39 is 0 Å². The van der Waals surface area contributed by atoms with Crippen LogP contribution in [0.4, 0.5) is 0 Å². The minimum absolute atomic E-state index is 1.10. The average Bonchev–Trinajstić information content (AvgIpc) is 2.43. The highest BCUT2D eigenvalue weighted by molar-refractivity contribution is 5.17. The highest BCUT2D eigenvalue weighted by atomic mass is 15.3. The molecule has 0 fully saturated rings. The molecule has 0 saturated carbocycles. The number of unbranched alkanes of at least 4 members (excludes halogenated alkanes) is 1. The van der Waals surface area contributed by atoms with Crippen molar-refractivity contribution in [3.8, 4) is 0 Å². The van der Waals surface area contributed by atoms with Gasteiger partial charge in [0.1, 0.15) is 0 Å². The Balaban J connectivity index is 2.72. The van der Waals surface area contributed by atoms with E-state index in [1.807, 2.05) is 17.9 Å². The first-order chi connectivity index (χ1) is 5.79. The van der Waals surface area contributed by atoms with Gasteiger partial charge in [-0.3, -0.25) is 4.68 Å². The Bertz CT molecular complexity index is 238. The number of hydrogen-bond donors (Lipinski definition) is 0. The second-order valence-corrected chi connectivity index (χ2v) is 3.20. The van der Waals surface area contributed by atoms with Crippen molar-refractivity contribution in [2.45, 2.75) is 39.5 Å². The molecule has 0 unspecified atom stereocenters. The molecule has 0 radical (unpaired) electrons. The predicted molar refractivity (Wildman–Crippen MR) is 51.2 cm³/mol. The minimum atomic E-state index is 1.10.